The van der Waals surface area contributed by atoms with Crippen LogP contribution < -0.4 is 9.56 Å². The largest absolute Gasteiger partial charge is 0.516 e. The van der Waals surface area contributed by atoms with Gasteiger partial charge in [-0.05, 0) is 49.4 Å². The second kappa shape index (κ2) is 7.50. The summed E-state index contributed by atoms with van der Waals surface area (Å²) < 4.78 is 74.6. The zero-order valence-corrected chi connectivity index (χ0v) is 14.6. The number of oxime groups is 1. The Balaban J connectivity index is 2.34. The van der Waals surface area contributed by atoms with Crippen molar-refractivity contribution in [3.8, 4) is 5.75 Å². The molecule has 0 unspecified atom stereocenters. The standard InChI is InChI=1S/C15H11ClF4N2O3S/c1-9(21-25-12-5-3-11(17)4-6-12)13-8-10(16)2-7-14(13)22-26(23,24)15(18,19)20/h2-8,22H,1H3/b21-9-. The SMILES string of the molecule is C/C(=N/Oc1ccc(F)cc1)c1cc(Cl)ccc1NS(=O)(=O)C(F)(F)F. The van der Waals surface area contributed by atoms with Gasteiger partial charge in [-0.1, -0.05) is 16.8 Å². The quantitative estimate of drug-likeness (QED) is 0.447. The van der Waals surface area contributed by atoms with Gasteiger partial charge in [-0.15, -0.1) is 0 Å². The summed E-state index contributed by atoms with van der Waals surface area (Å²) in [5, 5.41) is 3.85. The third-order valence-corrected chi connectivity index (χ3v) is 4.36. The van der Waals surface area contributed by atoms with E-state index in [0.29, 0.717) is 0 Å². The number of rotatable bonds is 5. The van der Waals surface area contributed by atoms with Crippen molar-refractivity contribution in [2.24, 2.45) is 5.16 Å². The summed E-state index contributed by atoms with van der Waals surface area (Å²) in [4.78, 5) is 5.05. The van der Waals surface area contributed by atoms with Crippen LogP contribution >= 0.6 is 11.6 Å². The summed E-state index contributed by atoms with van der Waals surface area (Å²) in [6.07, 6.45) is 0. The second-order valence-corrected chi connectivity index (χ2v) is 7.07. The van der Waals surface area contributed by atoms with Gasteiger partial charge in [0.15, 0.2) is 5.75 Å². The minimum absolute atomic E-state index is 0.0209. The molecule has 2 aromatic carbocycles. The Morgan fingerprint density at radius 1 is 1.15 bits per heavy atom. The van der Waals surface area contributed by atoms with Gasteiger partial charge in [0.25, 0.3) is 0 Å². The highest BCUT2D eigenvalue weighted by Gasteiger charge is 2.46. The number of halogens is 5. The van der Waals surface area contributed by atoms with Crippen molar-refractivity contribution >= 4 is 33.0 Å². The first kappa shape index (κ1) is 20.0. The van der Waals surface area contributed by atoms with Gasteiger partial charge in [-0.3, -0.25) is 4.72 Å². The first-order chi connectivity index (χ1) is 12.0. The van der Waals surface area contributed by atoms with E-state index in [1.165, 1.54) is 35.9 Å². The Labute approximate surface area is 151 Å². The van der Waals surface area contributed by atoms with Gasteiger partial charge in [0.05, 0.1) is 11.4 Å². The number of alkyl halides is 3. The van der Waals surface area contributed by atoms with Crippen LogP contribution in [0.25, 0.3) is 0 Å². The van der Waals surface area contributed by atoms with Crippen molar-refractivity contribution in [1.82, 2.24) is 0 Å². The fraction of sp³-hybridized carbons (Fsp3) is 0.133. The molecule has 0 aromatic heterocycles. The second-order valence-electron chi connectivity index (χ2n) is 4.96. The maximum Gasteiger partial charge on any atom is 0.516 e. The van der Waals surface area contributed by atoms with E-state index in [1.54, 1.807) is 0 Å². The number of sulfonamides is 1. The average molecular weight is 411 g/mol. The molecule has 0 aliphatic heterocycles. The summed E-state index contributed by atoms with van der Waals surface area (Å²) in [5.41, 5.74) is -5.85. The lowest BCUT2D eigenvalue weighted by molar-refractivity contribution is -0.0429. The Morgan fingerprint density at radius 3 is 2.35 bits per heavy atom. The molecule has 0 amide bonds. The molecule has 0 fully saturated rings. The Hall–Kier alpha value is -2.33. The van der Waals surface area contributed by atoms with Crippen molar-refractivity contribution < 1.29 is 30.8 Å². The molecule has 5 nitrogen and oxygen atoms in total. The number of benzene rings is 2. The van der Waals surface area contributed by atoms with Crippen LogP contribution in [-0.2, 0) is 10.0 Å². The number of nitrogens with one attached hydrogen (secondary N) is 1. The van der Waals surface area contributed by atoms with Crippen molar-refractivity contribution in [1.29, 1.82) is 0 Å². The maximum absolute atomic E-state index is 12.8. The molecule has 0 aliphatic carbocycles. The molecule has 140 valence electrons. The summed E-state index contributed by atoms with van der Waals surface area (Å²) in [6.45, 7) is 1.38. The predicted octanol–water partition coefficient (Wildman–Crippen LogP) is 4.54. The summed E-state index contributed by atoms with van der Waals surface area (Å²) >= 11 is 5.82. The van der Waals surface area contributed by atoms with E-state index in [4.69, 9.17) is 16.4 Å². The minimum atomic E-state index is -5.62. The highest BCUT2D eigenvalue weighted by Crippen LogP contribution is 2.29. The maximum atomic E-state index is 12.8. The van der Waals surface area contributed by atoms with E-state index in [1.807, 2.05) is 0 Å². The van der Waals surface area contributed by atoms with Crippen LogP contribution in [0, 0.1) is 5.82 Å². The van der Waals surface area contributed by atoms with Gasteiger partial charge in [0.2, 0.25) is 0 Å². The molecule has 0 heterocycles. The van der Waals surface area contributed by atoms with E-state index < -0.39 is 21.3 Å². The van der Waals surface area contributed by atoms with Crippen LogP contribution in [-0.4, -0.2) is 19.6 Å². The molecule has 2 aromatic rings. The molecule has 11 heteroatoms. The lowest BCUT2D eigenvalue weighted by Gasteiger charge is -2.14. The molecular formula is C15H11ClF4N2O3S. The number of hydrogen-bond acceptors (Lipinski definition) is 4. The van der Waals surface area contributed by atoms with Crippen molar-refractivity contribution in [3.05, 3.63) is 58.9 Å². The molecule has 0 spiro atoms. The fourth-order valence-electron chi connectivity index (χ4n) is 1.77. The molecule has 0 saturated carbocycles. The smallest absolute Gasteiger partial charge is 0.357 e. The van der Waals surface area contributed by atoms with E-state index >= 15 is 0 Å². The van der Waals surface area contributed by atoms with Gasteiger partial charge in [0, 0.05) is 10.6 Å². The van der Waals surface area contributed by atoms with E-state index in [0.717, 1.165) is 18.2 Å². The van der Waals surface area contributed by atoms with E-state index in [2.05, 4.69) is 5.16 Å². The summed E-state index contributed by atoms with van der Waals surface area (Å²) in [5.74, 6) is -0.318. The van der Waals surface area contributed by atoms with Gasteiger partial charge in [-0.2, -0.15) is 21.6 Å². The molecule has 0 bridgehead atoms. The van der Waals surface area contributed by atoms with Crippen molar-refractivity contribution in [3.63, 3.8) is 0 Å². The highest BCUT2D eigenvalue weighted by molar-refractivity contribution is 7.93. The van der Waals surface area contributed by atoms with Gasteiger partial charge < -0.3 is 4.84 Å². The van der Waals surface area contributed by atoms with Crippen LogP contribution in [0.2, 0.25) is 5.02 Å². The molecule has 0 radical (unpaired) electrons. The van der Waals surface area contributed by atoms with E-state index in [9.17, 15) is 26.0 Å². The predicted molar refractivity (Wildman–Crippen MR) is 89.3 cm³/mol. The Bertz CT molecular complexity index is 929. The Morgan fingerprint density at radius 2 is 1.77 bits per heavy atom. The van der Waals surface area contributed by atoms with Crippen LogP contribution in [0.4, 0.5) is 23.2 Å². The van der Waals surface area contributed by atoms with Crippen LogP contribution in [0.5, 0.6) is 5.75 Å². The topological polar surface area (TPSA) is 67.8 Å². The number of anilines is 1. The summed E-state index contributed by atoms with van der Waals surface area (Å²) in [7, 11) is -5.62. The molecular weight excluding hydrogens is 400 g/mol. The number of nitrogens with zero attached hydrogens (tertiary/aromatic N) is 1. The average Bonchev–Trinajstić information content (AvgIpc) is 2.54. The van der Waals surface area contributed by atoms with Crippen LogP contribution in [0.15, 0.2) is 47.6 Å². The number of hydrogen-bond donors (Lipinski definition) is 1. The first-order valence-corrected chi connectivity index (χ1v) is 8.72. The zero-order valence-electron chi connectivity index (χ0n) is 13.0. The molecule has 0 saturated heterocycles. The Kier molecular flexibility index (Phi) is 5.77. The minimum Gasteiger partial charge on any atom is -0.357 e. The molecule has 2 rings (SSSR count). The monoisotopic (exact) mass is 410 g/mol. The third kappa shape index (κ3) is 4.85. The highest BCUT2D eigenvalue weighted by atomic mass is 35.5. The molecule has 0 atom stereocenters. The zero-order chi connectivity index (χ0) is 19.5. The lowest BCUT2D eigenvalue weighted by atomic mass is 10.1. The van der Waals surface area contributed by atoms with Crippen molar-refractivity contribution in [2.75, 3.05) is 4.72 Å². The lowest BCUT2D eigenvalue weighted by Crippen LogP contribution is -2.30. The van der Waals surface area contributed by atoms with Gasteiger partial charge >= 0.3 is 15.5 Å². The van der Waals surface area contributed by atoms with Gasteiger partial charge in [0.1, 0.15) is 5.82 Å². The van der Waals surface area contributed by atoms with E-state index in [-0.39, 0.29) is 27.7 Å². The first-order valence-electron chi connectivity index (χ1n) is 6.86. The molecule has 26 heavy (non-hydrogen) atoms. The molecule has 1 N–H and O–H groups in total. The third-order valence-electron chi connectivity index (χ3n) is 3.02. The fourth-order valence-corrected chi connectivity index (χ4v) is 2.53. The normalized spacial score (nSPS) is 12.8. The molecule has 0 aliphatic rings. The summed E-state index contributed by atoms with van der Waals surface area (Å²) in [6, 6.07) is 8.34. The van der Waals surface area contributed by atoms with Crippen LogP contribution in [0.3, 0.4) is 0 Å². The van der Waals surface area contributed by atoms with Crippen molar-refractivity contribution in [2.45, 2.75) is 12.4 Å². The van der Waals surface area contributed by atoms with Gasteiger partial charge in [-0.25, -0.2) is 4.39 Å². The van der Waals surface area contributed by atoms with Crippen LogP contribution in [0.1, 0.15) is 12.5 Å².